The normalized spacial score (nSPS) is 10.8. The van der Waals surface area contributed by atoms with Crippen molar-refractivity contribution in [2.24, 2.45) is 0 Å². The predicted octanol–water partition coefficient (Wildman–Crippen LogP) is 7.61. The van der Waals surface area contributed by atoms with Gasteiger partial charge in [-0.25, -0.2) is 0 Å². The Labute approximate surface area is 162 Å². The van der Waals surface area contributed by atoms with E-state index < -0.39 is 0 Å². The minimum atomic E-state index is 1.26. The molecular formula is C27H24. The lowest BCUT2D eigenvalue weighted by atomic mass is 9.87. The summed E-state index contributed by atoms with van der Waals surface area (Å²) in [6.45, 7) is 6.58. The van der Waals surface area contributed by atoms with Crippen LogP contribution in [0.15, 0.2) is 91.0 Å². The van der Waals surface area contributed by atoms with Crippen molar-refractivity contribution >= 4 is 0 Å². The molecule has 0 saturated heterocycles. The largest absolute Gasteiger partial charge is 0.0622 e. The molecule has 0 aromatic heterocycles. The van der Waals surface area contributed by atoms with E-state index in [2.05, 4.69) is 112 Å². The lowest BCUT2D eigenvalue weighted by Gasteiger charge is -2.17. The standard InChI is InChI=1S/C27H24/c1-19-9-7-13-24(17-19)26-14-8-10-20(2)27(26)25-16-15-23(18-21(25)3)22-11-5-4-6-12-22/h4-18H,1-3H3. The van der Waals surface area contributed by atoms with Gasteiger partial charge in [-0.15, -0.1) is 0 Å². The van der Waals surface area contributed by atoms with Crippen molar-refractivity contribution < 1.29 is 0 Å². The number of benzene rings is 4. The van der Waals surface area contributed by atoms with Gasteiger partial charge in [-0.3, -0.25) is 0 Å². The van der Waals surface area contributed by atoms with Crippen LogP contribution >= 0.6 is 0 Å². The first kappa shape index (κ1) is 17.3. The van der Waals surface area contributed by atoms with Gasteiger partial charge in [0.05, 0.1) is 0 Å². The molecule has 0 bridgehead atoms. The highest BCUT2D eigenvalue weighted by Crippen LogP contribution is 2.38. The third-order valence-electron chi connectivity index (χ3n) is 5.20. The molecule has 4 rings (SSSR count). The molecule has 0 aliphatic rings. The van der Waals surface area contributed by atoms with E-state index >= 15 is 0 Å². The molecule has 0 aliphatic carbocycles. The van der Waals surface area contributed by atoms with E-state index in [-0.39, 0.29) is 0 Å². The Morgan fingerprint density at radius 3 is 1.93 bits per heavy atom. The minimum absolute atomic E-state index is 1.26. The van der Waals surface area contributed by atoms with Crippen LogP contribution in [0.5, 0.6) is 0 Å². The van der Waals surface area contributed by atoms with Crippen molar-refractivity contribution in [1.82, 2.24) is 0 Å². The highest BCUT2D eigenvalue weighted by molar-refractivity contribution is 5.88. The molecule has 0 fully saturated rings. The average molecular weight is 348 g/mol. The van der Waals surface area contributed by atoms with Crippen molar-refractivity contribution in [2.45, 2.75) is 20.8 Å². The van der Waals surface area contributed by atoms with E-state index in [1.54, 1.807) is 0 Å². The molecule has 4 aromatic carbocycles. The van der Waals surface area contributed by atoms with Crippen molar-refractivity contribution in [3.8, 4) is 33.4 Å². The maximum atomic E-state index is 2.30. The molecule has 0 amide bonds. The van der Waals surface area contributed by atoms with Crippen molar-refractivity contribution in [3.63, 3.8) is 0 Å². The van der Waals surface area contributed by atoms with Crippen LogP contribution in [0.1, 0.15) is 16.7 Å². The summed E-state index contributed by atoms with van der Waals surface area (Å²) in [5, 5.41) is 0. The Morgan fingerprint density at radius 1 is 0.444 bits per heavy atom. The Bertz CT molecular complexity index is 1090. The summed E-state index contributed by atoms with van der Waals surface area (Å²) in [6, 6.07) is 32.8. The number of aryl methyl sites for hydroxylation is 3. The topological polar surface area (TPSA) is 0 Å². The smallest absolute Gasteiger partial charge is 0.00735 e. The van der Waals surface area contributed by atoms with E-state index in [1.807, 2.05) is 0 Å². The van der Waals surface area contributed by atoms with Crippen LogP contribution in [0.2, 0.25) is 0 Å². The van der Waals surface area contributed by atoms with Gasteiger partial charge in [0, 0.05) is 0 Å². The summed E-state index contributed by atoms with van der Waals surface area (Å²) in [5.74, 6) is 0. The maximum Gasteiger partial charge on any atom is -0.00735 e. The second-order valence-corrected chi connectivity index (χ2v) is 7.26. The van der Waals surface area contributed by atoms with Crippen LogP contribution in [0.4, 0.5) is 0 Å². The third-order valence-corrected chi connectivity index (χ3v) is 5.20. The molecule has 0 unspecified atom stereocenters. The molecule has 132 valence electrons. The van der Waals surface area contributed by atoms with Gasteiger partial charge >= 0.3 is 0 Å². The SMILES string of the molecule is Cc1cccc(-c2cccc(C)c2-c2ccc(-c3ccccc3)cc2C)c1. The van der Waals surface area contributed by atoms with Gasteiger partial charge in [-0.05, 0) is 65.3 Å². The summed E-state index contributed by atoms with van der Waals surface area (Å²) in [4.78, 5) is 0. The van der Waals surface area contributed by atoms with Crippen LogP contribution in [0.3, 0.4) is 0 Å². The van der Waals surface area contributed by atoms with E-state index in [4.69, 9.17) is 0 Å². The number of rotatable bonds is 3. The molecule has 0 nitrogen and oxygen atoms in total. The molecule has 0 spiro atoms. The Balaban J connectivity index is 1.87. The summed E-state index contributed by atoms with van der Waals surface area (Å²) in [6.07, 6.45) is 0. The van der Waals surface area contributed by atoms with Crippen molar-refractivity contribution in [2.75, 3.05) is 0 Å². The predicted molar refractivity (Wildman–Crippen MR) is 117 cm³/mol. The number of hydrogen-bond donors (Lipinski definition) is 0. The zero-order chi connectivity index (χ0) is 18.8. The van der Waals surface area contributed by atoms with Crippen LogP contribution in [0, 0.1) is 20.8 Å². The fourth-order valence-corrected chi connectivity index (χ4v) is 3.83. The van der Waals surface area contributed by atoms with Gasteiger partial charge in [0.15, 0.2) is 0 Å². The van der Waals surface area contributed by atoms with Gasteiger partial charge in [-0.2, -0.15) is 0 Å². The Hall–Kier alpha value is -3.12. The highest BCUT2D eigenvalue weighted by Gasteiger charge is 2.13. The lowest BCUT2D eigenvalue weighted by Crippen LogP contribution is -1.93. The second kappa shape index (κ2) is 7.25. The Kier molecular flexibility index (Phi) is 4.64. The van der Waals surface area contributed by atoms with Crippen LogP contribution in [-0.4, -0.2) is 0 Å². The fraction of sp³-hybridized carbons (Fsp3) is 0.111. The van der Waals surface area contributed by atoms with Gasteiger partial charge < -0.3 is 0 Å². The molecule has 0 radical (unpaired) electrons. The first-order chi connectivity index (χ1) is 13.1. The van der Waals surface area contributed by atoms with Crippen LogP contribution in [-0.2, 0) is 0 Å². The van der Waals surface area contributed by atoms with E-state index in [1.165, 1.54) is 50.1 Å². The van der Waals surface area contributed by atoms with Gasteiger partial charge in [-0.1, -0.05) is 96.6 Å². The van der Waals surface area contributed by atoms with Gasteiger partial charge in [0.2, 0.25) is 0 Å². The number of hydrogen-bond acceptors (Lipinski definition) is 0. The lowest BCUT2D eigenvalue weighted by molar-refractivity contribution is 1.40. The quantitative estimate of drug-likeness (QED) is 0.357. The second-order valence-electron chi connectivity index (χ2n) is 7.26. The molecule has 0 heteroatoms. The molecule has 0 N–H and O–H groups in total. The first-order valence-corrected chi connectivity index (χ1v) is 9.46. The first-order valence-electron chi connectivity index (χ1n) is 9.46. The zero-order valence-corrected chi connectivity index (χ0v) is 16.2. The third kappa shape index (κ3) is 3.44. The van der Waals surface area contributed by atoms with Gasteiger partial charge in [0.1, 0.15) is 0 Å². The molecule has 27 heavy (non-hydrogen) atoms. The van der Waals surface area contributed by atoms with E-state index in [0.717, 1.165) is 0 Å². The fourth-order valence-electron chi connectivity index (χ4n) is 3.83. The molecular weight excluding hydrogens is 324 g/mol. The van der Waals surface area contributed by atoms with Crippen LogP contribution < -0.4 is 0 Å². The molecule has 4 aromatic rings. The molecule has 0 saturated carbocycles. The van der Waals surface area contributed by atoms with Crippen LogP contribution in [0.25, 0.3) is 33.4 Å². The monoisotopic (exact) mass is 348 g/mol. The zero-order valence-electron chi connectivity index (χ0n) is 16.2. The minimum Gasteiger partial charge on any atom is -0.0622 e. The highest BCUT2D eigenvalue weighted by atomic mass is 14.2. The molecule has 0 heterocycles. The molecule has 0 atom stereocenters. The summed E-state index contributed by atoms with van der Waals surface area (Å²) >= 11 is 0. The Morgan fingerprint density at radius 2 is 1.19 bits per heavy atom. The van der Waals surface area contributed by atoms with E-state index in [0.29, 0.717) is 0 Å². The molecule has 0 aliphatic heterocycles. The summed E-state index contributed by atoms with van der Waals surface area (Å²) in [7, 11) is 0. The summed E-state index contributed by atoms with van der Waals surface area (Å²) in [5.41, 5.74) is 11.7. The van der Waals surface area contributed by atoms with Crippen molar-refractivity contribution in [3.05, 3.63) is 108 Å². The average Bonchev–Trinajstić information content (AvgIpc) is 2.69. The van der Waals surface area contributed by atoms with Gasteiger partial charge in [0.25, 0.3) is 0 Å². The van der Waals surface area contributed by atoms with E-state index in [9.17, 15) is 0 Å². The summed E-state index contributed by atoms with van der Waals surface area (Å²) < 4.78 is 0. The maximum absolute atomic E-state index is 2.30. The van der Waals surface area contributed by atoms with Crippen molar-refractivity contribution in [1.29, 1.82) is 0 Å².